The number of nitrogens with one attached hydrogen (secondary N) is 1. The molecular weight excluding hydrogens is 583 g/mol. The maximum absolute atomic E-state index is 11.6. The highest BCUT2D eigenvalue weighted by atomic mass is 28.3. The van der Waals surface area contributed by atoms with Crippen molar-refractivity contribution in [2.24, 2.45) is 11.3 Å². The predicted molar refractivity (Wildman–Crippen MR) is 183 cm³/mol. The Kier molecular flexibility index (Phi) is 9.40. The minimum absolute atomic E-state index is 0.0107. The van der Waals surface area contributed by atoms with Crippen LogP contribution in [0.3, 0.4) is 0 Å². The van der Waals surface area contributed by atoms with Crippen molar-refractivity contribution >= 4 is 37.0 Å². The van der Waals surface area contributed by atoms with Gasteiger partial charge in [0.2, 0.25) is 0 Å². The number of carbonyl (C=O) groups is 1. The van der Waals surface area contributed by atoms with Crippen LogP contribution in [0.25, 0.3) is 39.6 Å². The average molecular weight is 628 g/mol. The van der Waals surface area contributed by atoms with Gasteiger partial charge in [-0.25, -0.2) is 14.5 Å². The third-order valence-electron chi connectivity index (χ3n) is 8.47. The van der Waals surface area contributed by atoms with Crippen LogP contribution in [0.1, 0.15) is 32.8 Å². The van der Waals surface area contributed by atoms with Crippen LogP contribution in [-0.4, -0.2) is 69.7 Å². The number of hydrogen-bond donors (Lipinski definition) is 2. The third-order valence-corrected chi connectivity index (χ3v) is 10.2. The minimum Gasteiger partial charge on any atom is -0.465 e. The summed E-state index contributed by atoms with van der Waals surface area (Å²) in [6.07, 6.45) is 6.96. The van der Waals surface area contributed by atoms with Gasteiger partial charge in [-0.15, -0.1) is 0 Å². The van der Waals surface area contributed by atoms with Crippen LogP contribution in [0.4, 0.5) is 10.6 Å². The van der Waals surface area contributed by atoms with Gasteiger partial charge in [0.25, 0.3) is 0 Å². The quantitative estimate of drug-likeness (QED) is 0.142. The Hall–Kier alpha value is -4.09. The summed E-state index contributed by atoms with van der Waals surface area (Å²) < 4.78 is 7.97. The Labute approximate surface area is 266 Å². The first-order chi connectivity index (χ1) is 21.3. The molecule has 2 unspecified atom stereocenters. The van der Waals surface area contributed by atoms with E-state index < -0.39 is 14.2 Å². The van der Waals surface area contributed by atoms with Crippen molar-refractivity contribution in [2.75, 3.05) is 24.6 Å². The molecule has 0 radical (unpaired) electrons. The molecule has 1 saturated heterocycles. The number of pyridine rings is 3. The molecule has 4 aromatic rings. The molecule has 2 N–H and O–H groups in total. The molecule has 0 saturated carbocycles. The van der Waals surface area contributed by atoms with Crippen molar-refractivity contribution in [3.63, 3.8) is 0 Å². The first-order valence-corrected chi connectivity index (χ1v) is 19.3. The van der Waals surface area contributed by atoms with Gasteiger partial charge in [0.15, 0.2) is 0 Å². The lowest BCUT2D eigenvalue weighted by atomic mass is 9.75. The summed E-state index contributed by atoms with van der Waals surface area (Å²) in [5.74, 6) is 1.02. The molecule has 1 fully saturated rings. The Balaban J connectivity index is 1.57. The zero-order valence-electron chi connectivity index (χ0n) is 27.2. The van der Waals surface area contributed by atoms with Gasteiger partial charge in [-0.2, -0.15) is 5.10 Å². The maximum Gasteiger partial charge on any atom is 0.404 e. The lowest BCUT2D eigenvalue weighted by Crippen LogP contribution is -2.53. The molecule has 0 aliphatic carbocycles. The molecule has 5 rings (SSSR count). The Morgan fingerprint density at radius 1 is 1.18 bits per heavy atom. The first-order valence-electron chi connectivity index (χ1n) is 15.6. The fourth-order valence-corrected chi connectivity index (χ4v) is 6.50. The summed E-state index contributed by atoms with van der Waals surface area (Å²) in [4.78, 5) is 28.1. The number of nitrogens with zero attached hydrogens (tertiary/aromatic N) is 6. The second kappa shape index (κ2) is 13.1. The van der Waals surface area contributed by atoms with Crippen LogP contribution in [0.5, 0.6) is 0 Å². The van der Waals surface area contributed by atoms with E-state index >= 15 is 0 Å². The van der Waals surface area contributed by atoms with Crippen LogP contribution in [0.15, 0.2) is 55.5 Å². The van der Waals surface area contributed by atoms with Gasteiger partial charge in [0.1, 0.15) is 18.2 Å². The molecule has 0 spiro atoms. The number of aromatic nitrogens is 5. The van der Waals surface area contributed by atoms with Crippen molar-refractivity contribution in [2.45, 2.75) is 65.6 Å². The van der Waals surface area contributed by atoms with Gasteiger partial charge < -0.3 is 20.1 Å². The molecule has 1 aliphatic rings. The van der Waals surface area contributed by atoms with Crippen LogP contribution in [0.2, 0.25) is 25.7 Å². The van der Waals surface area contributed by atoms with Gasteiger partial charge >= 0.3 is 6.09 Å². The highest BCUT2D eigenvalue weighted by Gasteiger charge is 2.36. The van der Waals surface area contributed by atoms with E-state index in [4.69, 9.17) is 19.8 Å². The van der Waals surface area contributed by atoms with Crippen LogP contribution >= 0.6 is 0 Å². The molecule has 5 heterocycles. The minimum atomic E-state index is -1.24. The predicted octanol–water partition coefficient (Wildman–Crippen LogP) is 7.02. The fourth-order valence-electron chi connectivity index (χ4n) is 5.74. The summed E-state index contributed by atoms with van der Waals surface area (Å²) in [5, 5.41) is 18.2. The molecule has 1 amide bonds. The molecule has 0 aromatic carbocycles. The van der Waals surface area contributed by atoms with E-state index in [1.165, 1.54) is 0 Å². The summed E-state index contributed by atoms with van der Waals surface area (Å²) in [5.41, 5.74) is 4.89. The number of piperidine rings is 1. The van der Waals surface area contributed by atoms with Crippen molar-refractivity contribution in [1.29, 1.82) is 0 Å². The van der Waals surface area contributed by atoms with Gasteiger partial charge in [-0.1, -0.05) is 53.1 Å². The SMILES string of the molecule is C=Cc1ccc(-c2nn(COCC[Si](C)(C)C)c3cnc(-c4cccnc4)cc23)nc1N1CC(NC(=O)O)CC(C(C)(C)C)C1. The fraction of sp³-hybridized carbons (Fsp3) is 0.441. The zero-order valence-corrected chi connectivity index (χ0v) is 28.2. The standard InChI is InChI=1S/C34H45N7O3Si/c1-8-23-11-12-28(38-32(23)40-20-25(34(2,3)4)16-26(21-40)37-33(42)43)31-27-17-29(24-10-9-13-35-18-24)36-19-30(27)41(39-31)22-44-14-15-45(5,6)7/h8-13,17-19,25-26,37H,1,14-16,20-22H2,2-7H3,(H,42,43). The number of hydrogen-bond acceptors (Lipinski definition) is 7. The normalized spacial score (nSPS) is 17.4. The molecule has 1 aliphatic heterocycles. The molecular formula is C34H45N7O3Si. The van der Waals surface area contributed by atoms with Crippen molar-refractivity contribution in [1.82, 2.24) is 30.0 Å². The highest BCUT2D eigenvalue weighted by molar-refractivity contribution is 6.76. The number of rotatable bonds is 10. The number of anilines is 1. The number of fused-ring (bicyclic) bond motifs is 1. The summed E-state index contributed by atoms with van der Waals surface area (Å²) in [6.45, 7) is 20.0. The summed E-state index contributed by atoms with van der Waals surface area (Å²) in [6, 6.07) is 10.8. The second-order valence-electron chi connectivity index (χ2n) is 14.2. The second-order valence-corrected chi connectivity index (χ2v) is 19.8. The van der Waals surface area contributed by atoms with Crippen molar-refractivity contribution in [3.8, 4) is 22.6 Å². The van der Waals surface area contributed by atoms with Gasteiger partial charge in [-0.3, -0.25) is 9.97 Å². The van der Waals surface area contributed by atoms with E-state index in [1.54, 1.807) is 18.5 Å². The van der Waals surface area contributed by atoms with Crippen LogP contribution < -0.4 is 10.2 Å². The van der Waals surface area contributed by atoms with Crippen molar-refractivity contribution < 1.29 is 14.6 Å². The molecule has 10 nitrogen and oxygen atoms in total. The summed E-state index contributed by atoms with van der Waals surface area (Å²) in [7, 11) is -1.24. The van der Waals surface area contributed by atoms with Gasteiger partial charge in [0, 0.05) is 56.7 Å². The first kappa shape index (κ1) is 32.3. The molecule has 45 heavy (non-hydrogen) atoms. The lowest BCUT2D eigenvalue weighted by Gasteiger charge is -2.44. The zero-order chi connectivity index (χ0) is 32.4. The van der Waals surface area contributed by atoms with E-state index in [2.05, 4.69) is 62.2 Å². The van der Waals surface area contributed by atoms with E-state index in [0.29, 0.717) is 25.6 Å². The van der Waals surface area contributed by atoms with Gasteiger partial charge in [0.05, 0.1) is 29.1 Å². The maximum atomic E-state index is 11.6. The lowest BCUT2D eigenvalue weighted by molar-refractivity contribution is 0.0818. The smallest absolute Gasteiger partial charge is 0.404 e. The van der Waals surface area contributed by atoms with E-state index in [9.17, 15) is 9.90 Å². The number of carboxylic acid groups (broad SMARTS) is 1. The highest BCUT2D eigenvalue weighted by Crippen LogP contribution is 2.37. The molecule has 11 heteroatoms. The van der Waals surface area contributed by atoms with Crippen molar-refractivity contribution in [3.05, 3.63) is 61.1 Å². The number of amides is 1. The molecule has 238 valence electrons. The molecule has 0 bridgehead atoms. The summed E-state index contributed by atoms with van der Waals surface area (Å²) >= 11 is 0. The number of ether oxygens (including phenoxy) is 1. The van der Waals surface area contributed by atoms with Crippen LogP contribution in [0, 0.1) is 11.3 Å². The molecule has 4 aromatic heterocycles. The van der Waals surface area contributed by atoms with Gasteiger partial charge in [-0.05, 0) is 54.1 Å². The average Bonchev–Trinajstić information content (AvgIpc) is 3.36. The third kappa shape index (κ3) is 7.77. The van der Waals surface area contributed by atoms with E-state index in [1.807, 2.05) is 41.2 Å². The Morgan fingerprint density at radius 3 is 2.64 bits per heavy atom. The van der Waals surface area contributed by atoms with E-state index in [-0.39, 0.29) is 17.4 Å². The Morgan fingerprint density at radius 2 is 1.98 bits per heavy atom. The van der Waals surface area contributed by atoms with E-state index in [0.717, 1.165) is 58.2 Å². The molecule has 2 atom stereocenters. The largest absolute Gasteiger partial charge is 0.465 e. The topological polar surface area (TPSA) is 118 Å². The van der Waals surface area contributed by atoms with Crippen LogP contribution in [-0.2, 0) is 11.5 Å². The monoisotopic (exact) mass is 627 g/mol. The Bertz CT molecular complexity index is 1660.